The fourth-order valence-corrected chi connectivity index (χ4v) is 3.52. The number of para-hydroxylation sites is 1. The zero-order valence-corrected chi connectivity index (χ0v) is 13.5. The molecular weight excluding hydrogens is 304 g/mol. The highest BCUT2D eigenvalue weighted by molar-refractivity contribution is 5.86. The van der Waals surface area contributed by atoms with E-state index in [1.165, 1.54) is 12.8 Å². The van der Waals surface area contributed by atoms with Gasteiger partial charge in [0.1, 0.15) is 11.5 Å². The van der Waals surface area contributed by atoms with E-state index in [0.29, 0.717) is 18.3 Å². The number of hydrogen-bond donors (Lipinski definition) is 0. The molecule has 2 aromatic heterocycles. The maximum atomic E-state index is 13.0. The summed E-state index contributed by atoms with van der Waals surface area (Å²) in [5, 5.41) is 5.01. The zero-order chi connectivity index (χ0) is 16.4. The van der Waals surface area contributed by atoms with E-state index in [9.17, 15) is 4.79 Å². The molecule has 0 N–H and O–H groups in total. The summed E-state index contributed by atoms with van der Waals surface area (Å²) in [7, 11) is 0. The van der Waals surface area contributed by atoms with E-state index in [1.807, 2.05) is 41.3 Å². The molecule has 0 unspecified atom stereocenters. The van der Waals surface area contributed by atoms with Crippen LogP contribution in [-0.2, 0) is 17.8 Å². The number of aromatic nitrogens is 1. The third-order valence-electron chi connectivity index (χ3n) is 4.76. The maximum Gasteiger partial charge on any atom is 0.229 e. The first-order valence-electron chi connectivity index (χ1n) is 8.46. The average Bonchev–Trinajstić information content (AvgIpc) is 3.35. The molecule has 5 heteroatoms. The van der Waals surface area contributed by atoms with Gasteiger partial charge in [0.05, 0.1) is 19.2 Å². The maximum absolute atomic E-state index is 13.0. The van der Waals surface area contributed by atoms with E-state index in [4.69, 9.17) is 8.94 Å². The lowest BCUT2D eigenvalue weighted by Gasteiger charge is -2.28. The number of benzene rings is 1. The van der Waals surface area contributed by atoms with Gasteiger partial charge in [-0.3, -0.25) is 4.79 Å². The van der Waals surface area contributed by atoms with Crippen molar-refractivity contribution in [2.45, 2.75) is 44.7 Å². The number of carbonyl (C=O) groups is 1. The minimum Gasteiger partial charge on any atom is -0.467 e. The van der Waals surface area contributed by atoms with E-state index >= 15 is 0 Å². The van der Waals surface area contributed by atoms with Crippen molar-refractivity contribution in [1.29, 1.82) is 0 Å². The van der Waals surface area contributed by atoms with Crippen LogP contribution in [0.25, 0.3) is 11.0 Å². The summed E-state index contributed by atoms with van der Waals surface area (Å²) < 4.78 is 10.8. The molecule has 1 aliphatic carbocycles. The molecule has 0 saturated heterocycles. The minimum atomic E-state index is 0.0809. The first kappa shape index (κ1) is 15.0. The van der Waals surface area contributed by atoms with Crippen LogP contribution in [0.5, 0.6) is 0 Å². The number of rotatable bonds is 5. The lowest BCUT2D eigenvalue weighted by molar-refractivity contribution is -0.133. The molecule has 4 rings (SSSR count). The molecule has 1 fully saturated rings. The molecular formula is C19H20N2O3. The number of nitrogens with zero attached hydrogens (tertiary/aromatic N) is 2. The monoisotopic (exact) mass is 324 g/mol. The molecule has 0 aliphatic heterocycles. The minimum absolute atomic E-state index is 0.0809. The predicted molar refractivity (Wildman–Crippen MR) is 89.2 cm³/mol. The van der Waals surface area contributed by atoms with Crippen molar-refractivity contribution in [2.24, 2.45) is 0 Å². The number of amides is 1. The van der Waals surface area contributed by atoms with Gasteiger partial charge < -0.3 is 13.8 Å². The van der Waals surface area contributed by atoms with Crippen LogP contribution in [0.4, 0.5) is 0 Å². The Morgan fingerprint density at radius 3 is 2.79 bits per heavy atom. The van der Waals surface area contributed by atoms with Gasteiger partial charge >= 0.3 is 0 Å². The second-order valence-corrected chi connectivity index (χ2v) is 6.34. The highest BCUT2D eigenvalue weighted by Gasteiger charge is 2.28. The van der Waals surface area contributed by atoms with Crippen molar-refractivity contribution in [1.82, 2.24) is 10.1 Å². The van der Waals surface area contributed by atoms with E-state index < -0.39 is 0 Å². The Labute approximate surface area is 140 Å². The SMILES string of the molecule is O=C(Cc1noc2ccccc12)N(Cc1ccco1)C1CCCC1. The summed E-state index contributed by atoms with van der Waals surface area (Å²) in [5.74, 6) is 0.901. The highest BCUT2D eigenvalue weighted by atomic mass is 16.5. The van der Waals surface area contributed by atoms with Gasteiger partial charge in [-0.05, 0) is 37.1 Å². The van der Waals surface area contributed by atoms with E-state index in [2.05, 4.69) is 5.16 Å². The first-order chi connectivity index (χ1) is 11.8. The van der Waals surface area contributed by atoms with Crippen LogP contribution in [0.3, 0.4) is 0 Å². The third kappa shape index (κ3) is 2.94. The molecule has 3 aromatic rings. The highest BCUT2D eigenvalue weighted by Crippen LogP contribution is 2.27. The van der Waals surface area contributed by atoms with Gasteiger partial charge in [-0.2, -0.15) is 0 Å². The molecule has 1 amide bonds. The summed E-state index contributed by atoms with van der Waals surface area (Å²) in [6.07, 6.45) is 6.39. The van der Waals surface area contributed by atoms with Gasteiger partial charge in [-0.15, -0.1) is 0 Å². The molecule has 24 heavy (non-hydrogen) atoms. The molecule has 1 aromatic carbocycles. The summed E-state index contributed by atoms with van der Waals surface area (Å²) in [4.78, 5) is 14.9. The van der Waals surface area contributed by atoms with Gasteiger partial charge in [0, 0.05) is 11.4 Å². The molecule has 5 nitrogen and oxygen atoms in total. The molecule has 1 aliphatic rings. The quantitative estimate of drug-likeness (QED) is 0.713. The lowest BCUT2D eigenvalue weighted by Crippen LogP contribution is -2.39. The van der Waals surface area contributed by atoms with Gasteiger partial charge in [-0.25, -0.2) is 0 Å². The summed E-state index contributed by atoms with van der Waals surface area (Å²) >= 11 is 0. The molecule has 2 heterocycles. The normalized spacial score (nSPS) is 15.2. The van der Waals surface area contributed by atoms with Gasteiger partial charge in [-0.1, -0.05) is 30.1 Å². The van der Waals surface area contributed by atoms with Crippen molar-refractivity contribution in [3.63, 3.8) is 0 Å². The predicted octanol–water partition coefficient (Wildman–Crippen LogP) is 3.93. The third-order valence-corrected chi connectivity index (χ3v) is 4.76. The standard InChI is InChI=1S/C19H20N2O3/c22-19(12-17-16-9-3-4-10-18(16)24-20-17)21(14-6-1-2-7-14)13-15-8-5-11-23-15/h3-5,8-11,14H,1-2,6-7,12-13H2. The first-order valence-corrected chi connectivity index (χ1v) is 8.46. The number of fused-ring (bicyclic) bond motifs is 1. The Balaban J connectivity index is 1.56. The molecule has 0 bridgehead atoms. The van der Waals surface area contributed by atoms with Crippen LogP contribution in [0.15, 0.2) is 51.6 Å². The van der Waals surface area contributed by atoms with Crippen LogP contribution in [0, 0.1) is 0 Å². The van der Waals surface area contributed by atoms with Crippen molar-refractivity contribution in [3.05, 3.63) is 54.1 Å². The van der Waals surface area contributed by atoms with Crippen LogP contribution < -0.4 is 0 Å². The Hall–Kier alpha value is -2.56. The summed E-state index contributed by atoms with van der Waals surface area (Å²) in [6.45, 7) is 0.520. The molecule has 1 saturated carbocycles. The van der Waals surface area contributed by atoms with Crippen LogP contribution in [0.1, 0.15) is 37.1 Å². The topological polar surface area (TPSA) is 59.5 Å². The molecule has 0 radical (unpaired) electrons. The van der Waals surface area contributed by atoms with Gasteiger partial charge in [0.15, 0.2) is 5.58 Å². The Kier molecular flexibility index (Phi) is 4.07. The lowest BCUT2D eigenvalue weighted by atomic mass is 10.1. The second kappa shape index (κ2) is 6.51. The van der Waals surface area contributed by atoms with Crippen molar-refractivity contribution in [3.8, 4) is 0 Å². The average molecular weight is 324 g/mol. The largest absolute Gasteiger partial charge is 0.467 e. The Bertz CT molecular complexity index is 816. The molecule has 124 valence electrons. The number of furan rings is 1. The van der Waals surface area contributed by atoms with E-state index in [0.717, 1.165) is 29.6 Å². The second-order valence-electron chi connectivity index (χ2n) is 6.34. The van der Waals surface area contributed by atoms with Crippen LogP contribution in [0.2, 0.25) is 0 Å². The smallest absolute Gasteiger partial charge is 0.229 e. The fraction of sp³-hybridized carbons (Fsp3) is 0.368. The fourth-order valence-electron chi connectivity index (χ4n) is 3.52. The van der Waals surface area contributed by atoms with E-state index in [1.54, 1.807) is 6.26 Å². The molecule has 0 atom stereocenters. The summed E-state index contributed by atoms with van der Waals surface area (Å²) in [5.41, 5.74) is 1.43. The Morgan fingerprint density at radius 2 is 2.00 bits per heavy atom. The van der Waals surface area contributed by atoms with Crippen molar-refractivity contribution < 1.29 is 13.7 Å². The van der Waals surface area contributed by atoms with Gasteiger partial charge in [0.25, 0.3) is 0 Å². The van der Waals surface area contributed by atoms with Crippen LogP contribution in [-0.4, -0.2) is 22.0 Å². The van der Waals surface area contributed by atoms with Gasteiger partial charge in [0.2, 0.25) is 5.91 Å². The van der Waals surface area contributed by atoms with Crippen LogP contribution >= 0.6 is 0 Å². The zero-order valence-electron chi connectivity index (χ0n) is 13.5. The van der Waals surface area contributed by atoms with E-state index in [-0.39, 0.29) is 12.3 Å². The Morgan fingerprint density at radius 1 is 1.17 bits per heavy atom. The summed E-state index contributed by atoms with van der Waals surface area (Å²) in [6, 6.07) is 11.7. The molecule has 0 spiro atoms. The van der Waals surface area contributed by atoms with Crippen molar-refractivity contribution in [2.75, 3.05) is 0 Å². The number of carbonyl (C=O) groups excluding carboxylic acids is 1. The van der Waals surface area contributed by atoms with Crippen molar-refractivity contribution >= 4 is 16.9 Å². The number of hydrogen-bond acceptors (Lipinski definition) is 4.